The van der Waals surface area contributed by atoms with E-state index in [-0.39, 0.29) is 47.0 Å². The molecule has 0 radical (unpaired) electrons. The maximum absolute atomic E-state index is 14.4. The van der Waals surface area contributed by atoms with Crippen molar-refractivity contribution in [1.29, 1.82) is 0 Å². The van der Waals surface area contributed by atoms with Gasteiger partial charge in [0.1, 0.15) is 24.4 Å². The first-order chi connectivity index (χ1) is 21.4. The molecule has 0 spiro atoms. The lowest BCUT2D eigenvalue weighted by Crippen LogP contribution is -2.68. The van der Waals surface area contributed by atoms with Gasteiger partial charge in [-0.1, -0.05) is 53.2 Å². The van der Waals surface area contributed by atoms with Gasteiger partial charge >= 0.3 is 11.9 Å². The van der Waals surface area contributed by atoms with Gasteiger partial charge in [0.2, 0.25) is 6.29 Å². The fourth-order valence-electron chi connectivity index (χ4n) is 12.4. The van der Waals surface area contributed by atoms with Crippen LogP contribution in [0.25, 0.3) is 0 Å². The summed E-state index contributed by atoms with van der Waals surface area (Å²) in [6, 6.07) is 0. The molecule has 0 aromatic carbocycles. The molecule has 1 aliphatic heterocycles. The van der Waals surface area contributed by atoms with Crippen molar-refractivity contribution < 1.29 is 49.7 Å². The second kappa shape index (κ2) is 11.2. The fraction of sp³-hybridized carbons (Fsp3) is 0.889. The highest BCUT2D eigenvalue weighted by Crippen LogP contribution is 2.76. The number of carbonyl (C=O) groups excluding carboxylic acids is 1. The van der Waals surface area contributed by atoms with Gasteiger partial charge in [0.15, 0.2) is 0 Å². The molecule has 1 saturated heterocycles. The summed E-state index contributed by atoms with van der Waals surface area (Å²) in [6.45, 7) is 12.5. The third-order valence-electron chi connectivity index (χ3n) is 15.3. The van der Waals surface area contributed by atoms with Crippen LogP contribution in [0.5, 0.6) is 0 Å². The third kappa shape index (κ3) is 4.35. The van der Waals surface area contributed by atoms with Crippen LogP contribution in [0.3, 0.4) is 0 Å². The normalized spacial score (nSPS) is 53.0. The van der Waals surface area contributed by atoms with Gasteiger partial charge in [-0.15, -0.1) is 0 Å². The minimum atomic E-state index is -1.71. The summed E-state index contributed by atoms with van der Waals surface area (Å²) in [6.07, 6.45) is -0.256. The standard InChI is InChI=1S/C36H56O10/c1-18-9-14-35(31(44)46-29-28(41)27(40)26(39)21(17-37)45-29)15-16-36(30(42)43)20(25(35)19(18)2)7-8-23-33(5)12-11-24(38)32(3,4)22(33)10-13-34(23,36)6/h7,18-19,21-29,37-41H,8-17H2,1-6H3,(H,42,43). The number of carboxylic acid groups (broad SMARTS) is 1. The highest BCUT2D eigenvalue weighted by Gasteiger charge is 2.73. The molecular weight excluding hydrogens is 592 g/mol. The molecule has 1 heterocycles. The lowest BCUT2D eigenvalue weighted by molar-refractivity contribution is -0.297. The molecule has 0 amide bonds. The average Bonchev–Trinajstić information content (AvgIpc) is 3.00. The highest BCUT2D eigenvalue weighted by atomic mass is 16.7. The van der Waals surface area contributed by atoms with E-state index in [1.54, 1.807) is 0 Å². The molecule has 15 atom stereocenters. The van der Waals surface area contributed by atoms with Crippen LogP contribution in [0.4, 0.5) is 0 Å². The first kappa shape index (κ1) is 34.3. The summed E-state index contributed by atoms with van der Waals surface area (Å²) in [5, 5.41) is 63.4. The van der Waals surface area contributed by atoms with Crippen molar-refractivity contribution in [3.8, 4) is 0 Å². The minimum Gasteiger partial charge on any atom is -0.481 e. The first-order valence-electron chi connectivity index (χ1n) is 17.6. The number of carboxylic acids is 1. The molecule has 15 unspecified atom stereocenters. The van der Waals surface area contributed by atoms with Crippen molar-refractivity contribution >= 4 is 11.9 Å². The first-order valence-corrected chi connectivity index (χ1v) is 17.6. The van der Waals surface area contributed by atoms with Crippen LogP contribution in [-0.4, -0.2) is 86.0 Å². The number of carbonyl (C=O) groups is 2. The maximum atomic E-state index is 14.4. The second-order valence-electron chi connectivity index (χ2n) is 17.2. The van der Waals surface area contributed by atoms with E-state index in [9.17, 15) is 40.2 Å². The Kier molecular flexibility index (Phi) is 8.38. The van der Waals surface area contributed by atoms with Crippen LogP contribution in [0.1, 0.15) is 99.3 Å². The Labute approximate surface area is 272 Å². The van der Waals surface area contributed by atoms with E-state index in [0.29, 0.717) is 19.3 Å². The predicted octanol–water partition coefficient (Wildman–Crippen LogP) is 3.41. The number of hydrogen-bond donors (Lipinski definition) is 6. The number of fused-ring (bicyclic) bond motifs is 7. The molecule has 10 nitrogen and oxygen atoms in total. The third-order valence-corrected chi connectivity index (χ3v) is 15.3. The van der Waals surface area contributed by atoms with E-state index in [1.165, 1.54) is 0 Å². The van der Waals surface area contributed by atoms with Gasteiger partial charge in [0, 0.05) is 0 Å². The summed E-state index contributed by atoms with van der Waals surface area (Å²) in [7, 11) is 0. The van der Waals surface area contributed by atoms with Crippen molar-refractivity contribution in [3.05, 3.63) is 11.6 Å². The molecule has 10 heteroatoms. The monoisotopic (exact) mass is 648 g/mol. The van der Waals surface area contributed by atoms with Crippen LogP contribution in [-0.2, 0) is 19.1 Å². The van der Waals surface area contributed by atoms with Gasteiger partial charge in [0.25, 0.3) is 0 Å². The SMILES string of the molecule is CC1CCC2(C(=O)OC3OC(CO)C(O)C(O)C3O)CCC3(C(=O)O)C(=CCC4C5(C)CCC(O)C(C)(C)C5CCC43C)C2C1C. The molecule has 260 valence electrons. The number of hydrogen-bond acceptors (Lipinski definition) is 9. The van der Waals surface area contributed by atoms with Crippen LogP contribution in [0.2, 0.25) is 0 Å². The zero-order valence-corrected chi connectivity index (χ0v) is 28.3. The number of ether oxygens (including phenoxy) is 2. The van der Waals surface area contributed by atoms with Gasteiger partial charge in [-0.05, 0) is 104 Å². The zero-order valence-electron chi connectivity index (χ0n) is 28.3. The lowest BCUT2D eigenvalue weighted by atomic mass is 9.33. The van der Waals surface area contributed by atoms with E-state index in [2.05, 4.69) is 47.6 Å². The van der Waals surface area contributed by atoms with Crippen LogP contribution in [0.15, 0.2) is 11.6 Å². The molecule has 6 aliphatic rings. The van der Waals surface area contributed by atoms with Crippen molar-refractivity contribution in [2.45, 2.75) is 136 Å². The van der Waals surface area contributed by atoms with E-state index in [1.807, 2.05) is 0 Å². The van der Waals surface area contributed by atoms with Gasteiger partial charge in [-0.2, -0.15) is 0 Å². The molecule has 0 aromatic rings. The Morgan fingerprint density at radius 2 is 1.59 bits per heavy atom. The summed E-state index contributed by atoms with van der Waals surface area (Å²) in [5.41, 5.74) is -2.32. The summed E-state index contributed by atoms with van der Waals surface area (Å²) in [4.78, 5) is 28.4. The predicted molar refractivity (Wildman–Crippen MR) is 167 cm³/mol. The lowest BCUT2D eigenvalue weighted by Gasteiger charge is -2.70. The largest absolute Gasteiger partial charge is 0.481 e. The second-order valence-corrected chi connectivity index (χ2v) is 17.2. The van der Waals surface area contributed by atoms with Crippen molar-refractivity contribution in [3.63, 3.8) is 0 Å². The van der Waals surface area contributed by atoms with Gasteiger partial charge in [-0.25, -0.2) is 0 Å². The smallest absolute Gasteiger partial charge is 0.315 e. The number of allylic oxidation sites excluding steroid dienone is 1. The minimum absolute atomic E-state index is 0.0165. The topological polar surface area (TPSA) is 174 Å². The quantitative estimate of drug-likeness (QED) is 0.196. The summed E-state index contributed by atoms with van der Waals surface area (Å²) in [5.74, 6) is -1.22. The van der Waals surface area contributed by atoms with Crippen molar-refractivity contribution in [2.24, 2.45) is 56.7 Å². The van der Waals surface area contributed by atoms with Crippen LogP contribution >= 0.6 is 0 Å². The highest BCUT2D eigenvalue weighted by molar-refractivity contribution is 5.85. The van der Waals surface area contributed by atoms with E-state index >= 15 is 0 Å². The molecule has 0 aromatic heterocycles. The molecule has 5 fully saturated rings. The Balaban J connectivity index is 1.41. The number of aliphatic carboxylic acids is 1. The average molecular weight is 649 g/mol. The van der Waals surface area contributed by atoms with E-state index < -0.39 is 71.4 Å². The molecular formula is C36H56O10. The molecule has 6 N–H and O–H groups in total. The maximum Gasteiger partial charge on any atom is 0.315 e. The zero-order chi connectivity index (χ0) is 33.8. The molecule has 46 heavy (non-hydrogen) atoms. The van der Waals surface area contributed by atoms with Crippen LogP contribution < -0.4 is 0 Å². The molecule has 5 aliphatic carbocycles. The number of aliphatic hydroxyl groups is 5. The molecule has 6 rings (SSSR count). The van der Waals surface area contributed by atoms with Gasteiger partial charge in [0.05, 0.1) is 23.5 Å². The van der Waals surface area contributed by atoms with E-state index in [4.69, 9.17) is 9.47 Å². The van der Waals surface area contributed by atoms with Crippen LogP contribution in [0, 0.1) is 56.7 Å². The fourth-order valence-corrected chi connectivity index (χ4v) is 12.4. The molecule has 4 saturated carbocycles. The summed E-state index contributed by atoms with van der Waals surface area (Å²) >= 11 is 0. The number of esters is 1. The number of rotatable bonds is 4. The Bertz CT molecular complexity index is 1260. The number of aliphatic hydroxyl groups excluding tert-OH is 5. The van der Waals surface area contributed by atoms with Gasteiger partial charge < -0.3 is 40.1 Å². The van der Waals surface area contributed by atoms with E-state index in [0.717, 1.165) is 37.7 Å². The van der Waals surface area contributed by atoms with Crippen molar-refractivity contribution in [1.82, 2.24) is 0 Å². The van der Waals surface area contributed by atoms with Crippen molar-refractivity contribution in [2.75, 3.05) is 6.61 Å². The van der Waals surface area contributed by atoms with Gasteiger partial charge in [-0.3, -0.25) is 9.59 Å². The Morgan fingerprint density at radius 3 is 2.24 bits per heavy atom. The summed E-state index contributed by atoms with van der Waals surface area (Å²) < 4.78 is 11.4. The molecule has 0 bridgehead atoms. The Morgan fingerprint density at radius 1 is 0.891 bits per heavy atom. The Hall–Kier alpha value is -1.56.